The molecule has 0 aliphatic heterocycles. The molecule has 5 heteroatoms. The SMILES string of the molecule is Cc1cccc2c1cc(C(=O)O)n2C(=O)OC(C)(C)C. The molecule has 2 aromatic rings. The maximum Gasteiger partial charge on any atom is 0.419 e. The fourth-order valence-electron chi connectivity index (χ4n) is 2.04. The van der Waals surface area contributed by atoms with Crippen molar-refractivity contribution in [1.29, 1.82) is 0 Å². The van der Waals surface area contributed by atoms with Crippen LogP contribution in [0.25, 0.3) is 10.9 Å². The van der Waals surface area contributed by atoms with Crippen LogP contribution in [0, 0.1) is 6.92 Å². The molecule has 0 atom stereocenters. The molecule has 0 spiro atoms. The van der Waals surface area contributed by atoms with Gasteiger partial charge in [-0.05, 0) is 45.4 Å². The quantitative estimate of drug-likeness (QED) is 0.865. The number of carbonyl (C=O) groups excluding carboxylic acids is 1. The van der Waals surface area contributed by atoms with Crippen molar-refractivity contribution in [3.63, 3.8) is 0 Å². The number of aromatic carboxylic acids is 1. The van der Waals surface area contributed by atoms with Gasteiger partial charge in [-0.15, -0.1) is 0 Å². The number of fused-ring (bicyclic) bond motifs is 1. The van der Waals surface area contributed by atoms with Gasteiger partial charge < -0.3 is 9.84 Å². The lowest BCUT2D eigenvalue weighted by Gasteiger charge is -2.20. The lowest BCUT2D eigenvalue weighted by atomic mass is 10.1. The fourth-order valence-corrected chi connectivity index (χ4v) is 2.04. The van der Waals surface area contributed by atoms with Gasteiger partial charge in [-0.3, -0.25) is 0 Å². The highest BCUT2D eigenvalue weighted by Gasteiger charge is 2.25. The average Bonchev–Trinajstić information content (AvgIpc) is 2.67. The van der Waals surface area contributed by atoms with Crippen molar-refractivity contribution in [1.82, 2.24) is 4.57 Å². The number of carboxylic acid groups (broad SMARTS) is 1. The molecule has 0 amide bonds. The molecule has 0 saturated heterocycles. The van der Waals surface area contributed by atoms with Gasteiger partial charge in [-0.2, -0.15) is 0 Å². The molecule has 5 nitrogen and oxygen atoms in total. The number of carboxylic acids is 1. The minimum atomic E-state index is -1.16. The summed E-state index contributed by atoms with van der Waals surface area (Å²) in [6.07, 6.45) is -0.685. The number of hydrogen-bond acceptors (Lipinski definition) is 3. The Morgan fingerprint density at radius 1 is 1.25 bits per heavy atom. The van der Waals surface area contributed by atoms with Crippen LogP contribution in [0.2, 0.25) is 0 Å². The number of nitrogens with zero attached hydrogens (tertiary/aromatic N) is 1. The smallest absolute Gasteiger partial charge is 0.419 e. The monoisotopic (exact) mass is 275 g/mol. The van der Waals surface area contributed by atoms with Crippen molar-refractivity contribution in [3.8, 4) is 0 Å². The standard InChI is InChI=1S/C15H17NO4/c1-9-6-5-7-11-10(9)8-12(13(17)18)16(11)14(19)20-15(2,3)4/h5-8H,1-4H3,(H,17,18). The van der Waals surface area contributed by atoms with E-state index in [9.17, 15) is 14.7 Å². The predicted molar refractivity (Wildman–Crippen MR) is 75.3 cm³/mol. The second-order valence-corrected chi connectivity index (χ2v) is 5.66. The van der Waals surface area contributed by atoms with Crippen LogP contribution in [0.3, 0.4) is 0 Å². The molecule has 0 bridgehead atoms. The largest absolute Gasteiger partial charge is 0.477 e. The second-order valence-electron chi connectivity index (χ2n) is 5.66. The number of ether oxygens (including phenoxy) is 1. The molecule has 0 saturated carbocycles. The molecule has 1 aromatic heterocycles. The van der Waals surface area contributed by atoms with Crippen LogP contribution in [0.15, 0.2) is 24.3 Å². The van der Waals surface area contributed by atoms with Crippen molar-refractivity contribution < 1.29 is 19.4 Å². The minimum Gasteiger partial charge on any atom is -0.477 e. The van der Waals surface area contributed by atoms with Crippen molar-refractivity contribution in [2.24, 2.45) is 0 Å². The first kappa shape index (κ1) is 14.1. The molecule has 1 heterocycles. The van der Waals surface area contributed by atoms with E-state index >= 15 is 0 Å². The van der Waals surface area contributed by atoms with Crippen molar-refractivity contribution in [2.75, 3.05) is 0 Å². The zero-order chi connectivity index (χ0) is 15.1. The Kier molecular flexibility index (Phi) is 3.29. The van der Waals surface area contributed by atoms with E-state index < -0.39 is 17.7 Å². The average molecular weight is 275 g/mol. The first-order valence-corrected chi connectivity index (χ1v) is 6.28. The molecule has 1 aromatic carbocycles. The summed E-state index contributed by atoms with van der Waals surface area (Å²) in [5.74, 6) is -1.16. The number of carbonyl (C=O) groups is 2. The highest BCUT2D eigenvalue weighted by atomic mass is 16.6. The number of aromatic nitrogens is 1. The summed E-state index contributed by atoms with van der Waals surface area (Å²) >= 11 is 0. The molecule has 0 radical (unpaired) electrons. The molecule has 0 unspecified atom stereocenters. The van der Waals surface area contributed by atoms with E-state index in [4.69, 9.17) is 4.74 Å². The van der Waals surface area contributed by atoms with Gasteiger partial charge in [0, 0.05) is 5.39 Å². The van der Waals surface area contributed by atoms with Gasteiger partial charge in [0.1, 0.15) is 11.3 Å². The number of rotatable bonds is 1. The third-order valence-electron chi connectivity index (χ3n) is 2.86. The fraction of sp³-hybridized carbons (Fsp3) is 0.333. The summed E-state index contributed by atoms with van der Waals surface area (Å²) < 4.78 is 6.39. The van der Waals surface area contributed by atoms with Gasteiger partial charge in [0.25, 0.3) is 0 Å². The maximum absolute atomic E-state index is 12.2. The highest BCUT2D eigenvalue weighted by molar-refractivity contribution is 6.01. The van der Waals surface area contributed by atoms with Crippen molar-refractivity contribution >= 4 is 23.0 Å². The predicted octanol–water partition coefficient (Wildman–Crippen LogP) is 3.43. The summed E-state index contributed by atoms with van der Waals surface area (Å²) in [5.41, 5.74) is 0.667. The number of aryl methyl sites for hydroxylation is 1. The molecule has 2 rings (SSSR count). The topological polar surface area (TPSA) is 68.5 Å². The van der Waals surface area contributed by atoms with Crippen LogP contribution in [0.4, 0.5) is 4.79 Å². The summed E-state index contributed by atoms with van der Waals surface area (Å²) in [6, 6.07) is 6.85. The Balaban J connectivity index is 2.67. The molecule has 20 heavy (non-hydrogen) atoms. The van der Waals surface area contributed by atoms with E-state index in [1.54, 1.807) is 32.9 Å². The van der Waals surface area contributed by atoms with Gasteiger partial charge in [0.15, 0.2) is 0 Å². The summed E-state index contributed by atoms with van der Waals surface area (Å²) in [7, 11) is 0. The van der Waals surface area contributed by atoms with Crippen LogP contribution in [0.5, 0.6) is 0 Å². The molecule has 0 fully saturated rings. The van der Waals surface area contributed by atoms with Crippen LogP contribution in [-0.4, -0.2) is 27.3 Å². The third kappa shape index (κ3) is 2.52. The third-order valence-corrected chi connectivity index (χ3v) is 2.86. The molecule has 106 valence electrons. The van der Waals surface area contributed by atoms with Crippen LogP contribution in [0.1, 0.15) is 36.8 Å². The van der Waals surface area contributed by atoms with Gasteiger partial charge in [0.2, 0.25) is 0 Å². The van der Waals surface area contributed by atoms with Gasteiger partial charge in [0.05, 0.1) is 5.52 Å². The highest BCUT2D eigenvalue weighted by Crippen LogP contribution is 2.24. The zero-order valence-corrected chi connectivity index (χ0v) is 11.9. The van der Waals surface area contributed by atoms with Gasteiger partial charge in [-0.25, -0.2) is 14.2 Å². The van der Waals surface area contributed by atoms with Crippen LogP contribution >= 0.6 is 0 Å². The van der Waals surface area contributed by atoms with Crippen molar-refractivity contribution in [2.45, 2.75) is 33.3 Å². The summed E-state index contributed by atoms with van der Waals surface area (Å²) in [6.45, 7) is 7.08. The van der Waals surface area contributed by atoms with Gasteiger partial charge >= 0.3 is 12.1 Å². The van der Waals surface area contributed by atoms with Gasteiger partial charge in [-0.1, -0.05) is 12.1 Å². The Hall–Kier alpha value is -2.30. The lowest BCUT2D eigenvalue weighted by molar-refractivity contribution is 0.0513. The van der Waals surface area contributed by atoms with Crippen molar-refractivity contribution in [3.05, 3.63) is 35.5 Å². The number of benzene rings is 1. The Labute approximate surface area is 116 Å². The van der Waals surface area contributed by atoms with E-state index in [2.05, 4.69) is 0 Å². The molecular weight excluding hydrogens is 258 g/mol. The Morgan fingerprint density at radius 2 is 1.90 bits per heavy atom. The van der Waals surface area contributed by atoms with E-state index in [1.165, 1.54) is 6.07 Å². The maximum atomic E-state index is 12.2. The number of hydrogen-bond donors (Lipinski definition) is 1. The van der Waals surface area contributed by atoms with Crippen LogP contribution < -0.4 is 0 Å². The first-order valence-electron chi connectivity index (χ1n) is 6.28. The molecule has 1 N–H and O–H groups in total. The van der Waals surface area contributed by atoms with E-state index in [-0.39, 0.29) is 5.69 Å². The molecular formula is C15H17NO4. The summed E-state index contributed by atoms with van der Waals surface area (Å²) in [4.78, 5) is 23.6. The van der Waals surface area contributed by atoms with E-state index in [0.29, 0.717) is 5.52 Å². The first-order chi connectivity index (χ1) is 9.20. The van der Waals surface area contributed by atoms with Crippen LogP contribution in [-0.2, 0) is 4.74 Å². The second kappa shape index (κ2) is 4.67. The normalized spacial score (nSPS) is 11.6. The molecule has 0 aliphatic carbocycles. The lowest BCUT2D eigenvalue weighted by Crippen LogP contribution is -2.28. The minimum absolute atomic E-state index is 0.0939. The zero-order valence-electron chi connectivity index (χ0n) is 11.9. The Bertz CT molecular complexity index is 692. The van der Waals surface area contributed by atoms with E-state index in [1.807, 2.05) is 13.0 Å². The molecule has 0 aliphatic rings. The Morgan fingerprint density at radius 3 is 2.45 bits per heavy atom. The van der Waals surface area contributed by atoms with E-state index in [0.717, 1.165) is 15.5 Å². The summed E-state index contributed by atoms with van der Waals surface area (Å²) in [5, 5.41) is 10.0.